The van der Waals surface area contributed by atoms with E-state index < -0.39 is 10.0 Å². The molecule has 1 aliphatic heterocycles. The van der Waals surface area contributed by atoms with Crippen LogP contribution in [-0.4, -0.2) is 28.8 Å². The first kappa shape index (κ1) is 14.2. The average Bonchev–Trinajstić information content (AvgIpc) is 2.95. The summed E-state index contributed by atoms with van der Waals surface area (Å²) < 4.78 is 29.2. The lowest BCUT2D eigenvalue weighted by atomic mass is 10.1. The second-order valence-electron chi connectivity index (χ2n) is 5.18. The first-order valence-corrected chi connectivity index (χ1v) is 8.26. The van der Waals surface area contributed by atoms with Crippen LogP contribution in [0.2, 0.25) is 0 Å². The summed E-state index contributed by atoms with van der Waals surface area (Å²) in [5, 5.41) is 0. The van der Waals surface area contributed by atoms with Crippen molar-refractivity contribution in [1.82, 2.24) is 13.9 Å². The van der Waals surface area contributed by atoms with Crippen LogP contribution in [0, 0.1) is 6.92 Å². The fourth-order valence-electron chi connectivity index (χ4n) is 2.54. The number of aryl methyl sites for hydroxylation is 1. The Morgan fingerprint density at radius 2 is 2.14 bits per heavy atom. The number of imidazole rings is 1. The molecule has 6 nitrogen and oxygen atoms in total. The highest BCUT2D eigenvalue weighted by Crippen LogP contribution is 2.24. The zero-order chi connectivity index (χ0) is 15.0. The molecule has 0 unspecified atom stereocenters. The van der Waals surface area contributed by atoms with E-state index in [1.807, 2.05) is 16.8 Å². The minimum Gasteiger partial charge on any atom is -0.333 e. The van der Waals surface area contributed by atoms with Crippen molar-refractivity contribution in [3.63, 3.8) is 0 Å². The highest BCUT2D eigenvalue weighted by molar-refractivity contribution is 7.89. The Balaban J connectivity index is 1.98. The molecule has 0 aliphatic carbocycles. The SMILES string of the molecule is Cc1ccc(CN)cc1S(=O)(=O)N1CCn2ccnc2C1. The van der Waals surface area contributed by atoms with E-state index >= 15 is 0 Å². The standard InChI is InChI=1S/C14H18N4O2S/c1-11-2-3-12(9-15)8-13(11)21(19,20)18-7-6-17-5-4-16-14(17)10-18/h2-5,8H,6-7,9-10,15H2,1H3. The summed E-state index contributed by atoms with van der Waals surface area (Å²) >= 11 is 0. The van der Waals surface area contributed by atoms with Gasteiger partial charge in [0, 0.05) is 32.0 Å². The Bertz CT molecular complexity index is 767. The molecule has 1 aromatic heterocycles. The second kappa shape index (κ2) is 5.25. The normalized spacial score (nSPS) is 15.9. The van der Waals surface area contributed by atoms with Gasteiger partial charge >= 0.3 is 0 Å². The molecular weight excluding hydrogens is 288 g/mol. The lowest BCUT2D eigenvalue weighted by Crippen LogP contribution is -2.38. The van der Waals surface area contributed by atoms with Crippen molar-refractivity contribution in [3.05, 3.63) is 47.5 Å². The Morgan fingerprint density at radius 3 is 2.90 bits per heavy atom. The van der Waals surface area contributed by atoms with E-state index in [-0.39, 0.29) is 0 Å². The Kier molecular flexibility index (Phi) is 3.56. The van der Waals surface area contributed by atoms with Gasteiger partial charge in [0.1, 0.15) is 5.82 Å². The van der Waals surface area contributed by atoms with Crippen LogP contribution < -0.4 is 5.73 Å². The lowest BCUT2D eigenvalue weighted by molar-refractivity contribution is 0.335. The predicted molar refractivity (Wildman–Crippen MR) is 78.9 cm³/mol. The van der Waals surface area contributed by atoms with Crippen LogP contribution in [0.15, 0.2) is 35.5 Å². The largest absolute Gasteiger partial charge is 0.333 e. The maximum absolute atomic E-state index is 12.9. The van der Waals surface area contributed by atoms with Gasteiger partial charge in [0.05, 0.1) is 11.4 Å². The third kappa shape index (κ3) is 2.48. The molecule has 0 atom stereocenters. The number of fused-ring (bicyclic) bond motifs is 1. The first-order chi connectivity index (χ1) is 10.0. The number of nitrogens with two attached hydrogens (primary N) is 1. The van der Waals surface area contributed by atoms with Gasteiger partial charge in [-0.15, -0.1) is 0 Å². The van der Waals surface area contributed by atoms with Crippen molar-refractivity contribution in [2.75, 3.05) is 6.54 Å². The van der Waals surface area contributed by atoms with Crippen LogP contribution in [0.25, 0.3) is 0 Å². The molecule has 1 aromatic carbocycles. The smallest absolute Gasteiger partial charge is 0.243 e. The molecule has 2 heterocycles. The number of hydrogen-bond acceptors (Lipinski definition) is 4. The lowest BCUT2D eigenvalue weighted by Gasteiger charge is -2.27. The van der Waals surface area contributed by atoms with Crippen molar-refractivity contribution < 1.29 is 8.42 Å². The van der Waals surface area contributed by atoms with Gasteiger partial charge in [-0.05, 0) is 24.1 Å². The van der Waals surface area contributed by atoms with Gasteiger partial charge in [0.15, 0.2) is 0 Å². The zero-order valence-electron chi connectivity index (χ0n) is 11.9. The molecule has 0 saturated carbocycles. The fourth-order valence-corrected chi connectivity index (χ4v) is 4.21. The number of nitrogens with zero attached hydrogens (tertiary/aromatic N) is 3. The number of hydrogen-bond donors (Lipinski definition) is 1. The van der Waals surface area contributed by atoms with Gasteiger partial charge in [-0.1, -0.05) is 12.1 Å². The van der Waals surface area contributed by atoms with E-state index in [2.05, 4.69) is 4.98 Å². The van der Waals surface area contributed by atoms with Gasteiger partial charge in [-0.25, -0.2) is 13.4 Å². The van der Waals surface area contributed by atoms with Crippen LogP contribution in [0.1, 0.15) is 17.0 Å². The molecular formula is C14H18N4O2S. The molecule has 3 rings (SSSR count). The topological polar surface area (TPSA) is 81.2 Å². The van der Waals surface area contributed by atoms with Gasteiger partial charge < -0.3 is 10.3 Å². The summed E-state index contributed by atoms with van der Waals surface area (Å²) in [5.74, 6) is 0.775. The van der Waals surface area contributed by atoms with Crippen LogP contribution in [0.3, 0.4) is 0 Å². The minimum atomic E-state index is -3.52. The Morgan fingerprint density at radius 1 is 1.33 bits per heavy atom. The minimum absolute atomic E-state index is 0.307. The maximum atomic E-state index is 12.9. The van der Waals surface area contributed by atoms with E-state index in [4.69, 9.17) is 5.73 Å². The molecule has 1 aliphatic rings. The number of benzene rings is 1. The predicted octanol–water partition coefficient (Wildman–Crippen LogP) is 0.855. The average molecular weight is 306 g/mol. The van der Waals surface area contributed by atoms with Crippen LogP contribution in [-0.2, 0) is 29.7 Å². The molecule has 2 aromatic rings. The van der Waals surface area contributed by atoms with Crippen molar-refractivity contribution in [2.45, 2.75) is 31.5 Å². The molecule has 112 valence electrons. The Hall–Kier alpha value is -1.70. The Labute approximate surface area is 124 Å². The van der Waals surface area contributed by atoms with Crippen molar-refractivity contribution in [2.24, 2.45) is 5.73 Å². The highest BCUT2D eigenvalue weighted by Gasteiger charge is 2.30. The van der Waals surface area contributed by atoms with E-state index in [1.165, 1.54) is 4.31 Å². The quantitative estimate of drug-likeness (QED) is 0.911. The molecule has 0 spiro atoms. The summed E-state index contributed by atoms with van der Waals surface area (Å²) in [4.78, 5) is 4.55. The highest BCUT2D eigenvalue weighted by atomic mass is 32.2. The van der Waals surface area contributed by atoms with Crippen molar-refractivity contribution >= 4 is 10.0 Å². The maximum Gasteiger partial charge on any atom is 0.243 e. The summed E-state index contributed by atoms with van der Waals surface area (Å²) in [7, 11) is -3.52. The fraction of sp³-hybridized carbons (Fsp3) is 0.357. The summed E-state index contributed by atoms with van der Waals surface area (Å²) in [6.45, 7) is 3.52. The first-order valence-electron chi connectivity index (χ1n) is 6.82. The number of sulfonamides is 1. The molecule has 0 saturated heterocycles. The van der Waals surface area contributed by atoms with Gasteiger partial charge in [-0.2, -0.15) is 4.31 Å². The summed E-state index contributed by atoms with van der Waals surface area (Å²) in [6.07, 6.45) is 3.57. The zero-order valence-corrected chi connectivity index (χ0v) is 12.7. The third-order valence-corrected chi connectivity index (χ3v) is 5.80. The van der Waals surface area contributed by atoms with Crippen molar-refractivity contribution in [1.29, 1.82) is 0 Å². The van der Waals surface area contributed by atoms with Gasteiger partial charge in [0.2, 0.25) is 10.0 Å². The number of rotatable bonds is 3. The van der Waals surface area contributed by atoms with Crippen LogP contribution >= 0.6 is 0 Å². The van der Waals surface area contributed by atoms with E-state index in [0.29, 0.717) is 31.1 Å². The molecule has 21 heavy (non-hydrogen) atoms. The third-order valence-electron chi connectivity index (χ3n) is 3.82. The number of aromatic nitrogens is 2. The molecule has 0 amide bonds. The summed E-state index contributed by atoms with van der Waals surface area (Å²) in [6, 6.07) is 5.34. The molecule has 2 N–H and O–H groups in total. The van der Waals surface area contributed by atoms with Crippen LogP contribution in [0.4, 0.5) is 0 Å². The van der Waals surface area contributed by atoms with Crippen LogP contribution in [0.5, 0.6) is 0 Å². The van der Waals surface area contributed by atoms with E-state index in [9.17, 15) is 8.42 Å². The molecule has 7 heteroatoms. The van der Waals surface area contributed by atoms with Crippen molar-refractivity contribution in [3.8, 4) is 0 Å². The monoisotopic (exact) mass is 306 g/mol. The molecule has 0 radical (unpaired) electrons. The van der Waals surface area contributed by atoms with E-state index in [0.717, 1.165) is 17.0 Å². The van der Waals surface area contributed by atoms with Gasteiger partial charge in [-0.3, -0.25) is 0 Å². The second-order valence-corrected chi connectivity index (χ2v) is 7.09. The van der Waals surface area contributed by atoms with E-state index in [1.54, 1.807) is 25.3 Å². The molecule has 0 fully saturated rings. The summed E-state index contributed by atoms with van der Waals surface area (Å²) in [5.41, 5.74) is 7.17. The molecule has 0 bridgehead atoms. The van der Waals surface area contributed by atoms with Gasteiger partial charge in [0.25, 0.3) is 0 Å².